The van der Waals surface area contributed by atoms with Crippen LogP contribution in [0.15, 0.2) is 48.5 Å². The zero-order valence-electron chi connectivity index (χ0n) is 16.1. The largest absolute Gasteiger partial charge is 0.493 e. The molecule has 2 aromatic rings. The van der Waals surface area contributed by atoms with Crippen molar-refractivity contribution in [1.82, 2.24) is 5.32 Å². The van der Waals surface area contributed by atoms with E-state index in [1.807, 2.05) is 60.4 Å². The molecule has 0 radical (unpaired) electrons. The first-order valence-corrected chi connectivity index (χ1v) is 9.71. The lowest BCUT2D eigenvalue weighted by Crippen LogP contribution is -2.39. The number of carbonyl (C=O) groups excluding carboxylic acids is 1. The van der Waals surface area contributed by atoms with E-state index in [-0.39, 0.29) is 11.9 Å². The molecule has 1 amide bonds. The first-order valence-electron chi connectivity index (χ1n) is 9.30. The van der Waals surface area contributed by atoms with Crippen LogP contribution in [-0.2, 0) is 4.79 Å². The van der Waals surface area contributed by atoms with Crippen LogP contribution < -0.4 is 25.0 Å². The average molecular weight is 400 g/mol. The molecule has 0 unspecified atom stereocenters. The number of para-hydroxylation sites is 2. The van der Waals surface area contributed by atoms with E-state index in [2.05, 4.69) is 10.6 Å². The normalized spacial score (nSPS) is 14.5. The summed E-state index contributed by atoms with van der Waals surface area (Å²) < 4.78 is 11.1. The third kappa shape index (κ3) is 5.13. The minimum atomic E-state index is -0.00625. The molecule has 1 fully saturated rings. The number of hydrogen-bond donors (Lipinski definition) is 2. The maximum atomic E-state index is 11.9. The highest BCUT2D eigenvalue weighted by Gasteiger charge is 2.21. The quantitative estimate of drug-likeness (QED) is 0.694. The molecule has 0 aliphatic carbocycles. The Morgan fingerprint density at radius 2 is 2.00 bits per heavy atom. The molecule has 1 saturated heterocycles. The number of rotatable bonds is 7. The van der Waals surface area contributed by atoms with E-state index in [1.54, 1.807) is 7.11 Å². The van der Waals surface area contributed by atoms with Gasteiger partial charge in [-0.3, -0.25) is 4.79 Å². The number of nitrogens with zero attached hydrogens (tertiary/aromatic N) is 1. The lowest BCUT2D eigenvalue weighted by Gasteiger charge is -2.20. The second kappa shape index (κ2) is 9.41. The summed E-state index contributed by atoms with van der Waals surface area (Å²) in [6, 6.07) is 15.2. The van der Waals surface area contributed by atoms with Gasteiger partial charge in [0.25, 0.3) is 0 Å². The molecule has 0 aromatic heterocycles. The van der Waals surface area contributed by atoms with Gasteiger partial charge in [-0.2, -0.15) is 0 Å². The molecular weight excluding hydrogens is 374 g/mol. The monoisotopic (exact) mass is 399 g/mol. The van der Waals surface area contributed by atoms with Gasteiger partial charge in [-0.25, -0.2) is 0 Å². The van der Waals surface area contributed by atoms with Crippen LogP contribution in [0.2, 0.25) is 0 Å². The Bertz CT molecular complexity index is 843. The van der Waals surface area contributed by atoms with Crippen LogP contribution in [0.4, 0.5) is 11.4 Å². The number of hydrogen-bond acceptors (Lipinski definition) is 4. The fourth-order valence-electron chi connectivity index (χ4n) is 3.06. The van der Waals surface area contributed by atoms with Gasteiger partial charge in [0.05, 0.1) is 13.2 Å². The van der Waals surface area contributed by atoms with Crippen molar-refractivity contribution in [1.29, 1.82) is 0 Å². The van der Waals surface area contributed by atoms with Gasteiger partial charge in [0.2, 0.25) is 5.91 Å². The summed E-state index contributed by atoms with van der Waals surface area (Å²) in [7, 11) is 1.62. The van der Waals surface area contributed by atoms with Crippen molar-refractivity contribution in [2.45, 2.75) is 25.8 Å². The standard InChI is InChI=1S/C21H25N3O3S/c1-15(14-27-19-10-4-3-9-18(19)26-2)22-21(28)23-16-7-5-8-17(13-16)24-12-6-11-20(24)25/h3-5,7-10,13,15H,6,11-12,14H2,1-2H3,(H2,22,23,28)/t15-/m0/s1. The lowest BCUT2D eigenvalue weighted by atomic mass is 10.2. The number of methoxy groups -OCH3 is 1. The number of carbonyl (C=O) groups is 1. The van der Waals surface area contributed by atoms with Crippen molar-refractivity contribution in [3.63, 3.8) is 0 Å². The van der Waals surface area contributed by atoms with Crippen molar-refractivity contribution in [2.24, 2.45) is 0 Å². The molecular formula is C21H25N3O3S. The van der Waals surface area contributed by atoms with Crippen molar-refractivity contribution in [2.75, 3.05) is 30.5 Å². The SMILES string of the molecule is COc1ccccc1OC[C@H](C)NC(=S)Nc1cccc(N2CCCC2=O)c1. The number of ether oxygens (including phenoxy) is 2. The molecule has 2 aromatic carbocycles. The average Bonchev–Trinajstić information content (AvgIpc) is 3.12. The topological polar surface area (TPSA) is 62.8 Å². The number of thiocarbonyl (C=S) groups is 1. The van der Waals surface area contributed by atoms with Crippen LogP contribution in [0.3, 0.4) is 0 Å². The van der Waals surface area contributed by atoms with Crippen LogP contribution in [0, 0.1) is 0 Å². The highest BCUT2D eigenvalue weighted by atomic mass is 32.1. The van der Waals surface area contributed by atoms with E-state index in [4.69, 9.17) is 21.7 Å². The van der Waals surface area contributed by atoms with Gasteiger partial charge in [0.1, 0.15) is 6.61 Å². The highest BCUT2D eigenvalue weighted by Crippen LogP contribution is 2.26. The summed E-state index contributed by atoms with van der Waals surface area (Å²) in [5.74, 6) is 1.56. The van der Waals surface area contributed by atoms with Crippen molar-refractivity contribution < 1.29 is 14.3 Å². The molecule has 1 atom stereocenters. The van der Waals surface area contributed by atoms with Crippen molar-refractivity contribution in [3.05, 3.63) is 48.5 Å². The molecule has 0 saturated carbocycles. The Labute approximate surface area is 170 Å². The van der Waals surface area contributed by atoms with Crippen LogP contribution in [0.5, 0.6) is 11.5 Å². The minimum Gasteiger partial charge on any atom is -0.493 e. The molecule has 1 heterocycles. The summed E-state index contributed by atoms with van der Waals surface area (Å²) in [6.45, 7) is 3.19. The van der Waals surface area contributed by atoms with Crippen LogP contribution >= 0.6 is 12.2 Å². The van der Waals surface area contributed by atoms with E-state index >= 15 is 0 Å². The molecule has 3 rings (SSSR count). The van der Waals surface area contributed by atoms with Gasteiger partial charge in [-0.15, -0.1) is 0 Å². The second-order valence-corrected chi connectivity index (χ2v) is 7.07. The molecule has 7 heteroatoms. The Morgan fingerprint density at radius 1 is 1.21 bits per heavy atom. The highest BCUT2D eigenvalue weighted by molar-refractivity contribution is 7.80. The van der Waals surface area contributed by atoms with Crippen LogP contribution in [0.25, 0.3) is 0 Å². The van der Waals surface area contributed by atoms with Crippen LogP contribution in [-0.4, -0.2) is 37.3 Å². The van der Waals surface area contributed by atoms with E-state index in [0.29, 0.717) is 29.6 Å². The van der Waals surface area contributed by atoms with E-state index < -0.39 is 0 Å². The Kier molecular flexibility index (Phi) is 6.71. The molecule has 1 aliphatic rings. The zero-order chi connectivity index (χ0) is 19.9. The summed E-state index contributed by atoms with van der Waals surface area (Å²) in [6.07, 6.45) is 1.52. The fraction of sp³-hybridized carbons (Fsp3) is 0.333. The van der Waals surface area contributed by atoms with Gasteiger partial charge in [-0.05, 0) is 55.9 Å². The van der Waals surface area contributed by atoms with E-state index in [1.165, 1.54) is 0 Å². The fourth-order valence-corrected chi connectivity index (χ4v) is 3.38. The Balaban J connectivity index is 1.51. The first kappa shape index (κ1) is 19.9. The lowest BCUT2D eigenvalue weighted by molar-refractivity contribution is -0.117. The van der Waals surface area contributed by atoms with Gasteiger partial charge < -0.3 is 25.0 Å². The molecule has 0 bridgehead atoms. The summed E-state index contributed by atoms with van der Waals surface area (Å²) in [5, 5.41) is 6.88. The molecule has 28 heavy (non-hydrogen) atoms. The van der Waals surface area contributed by atoms with E-state index in [0.717, 1.165) is 24.3 Å². The summed E-state index contributed by atoms with van der Waals surface area (Å²) >= 11 is 5.41. The molecule has 6 nitrogen and oxygen atoms in total. The van der Waals surface area contributed by atoms with Gasteiger partial charge in [0, 0.05) is 24.3 Å². The zero-order valence-corrected chi connectivity index (χ0v) is 16.9. The smallest absolute Gasteiger partial charge is 0.227 e. The number of amides is 1. The van der Waals surface area contributed by atoms with Gasteiger partial charge >= 0.3 is 0 Å². The van der Waals surface area contributed by atoms with Crippen LogP contribution in [0.1, 0.15) is 19.8 Å². The van der Waals surface area contributed by atoms with E-state index in [9.17, 15) is 4.79 Å². The summed E-state index contributed by atoms with van der Waals surface area (Å²) in [4.78, 5) is 13.7. The van der Waals surface area contributed by atoms with Gasteiger partial charge in [0.15, 0.2) is 16.6 Å². The third-order valence-corrected chi connectivity index (χ3v) is 4.64. The number of benzene rings is 2. The second-order valence-electron chi connectivity index (χ2n) is 6.66. The first-order chi connectivity index (χ1) is 13.6. The molecule has 1 aliphatic heterocycles. The Morgan fingerprint density at radius 3 is 2.71 bits per heavy atom. The minimum absolute atomic E-state index is 0.00625. The summed E-state index contributed by atoms with van der Waals surface area (Å²) in [5.41, 5.74) is 1.73. The third-order valence-electron chi connectivity index (χ3n) is 4.42. The maximum absolute atomic E-state index is 11.9. The predicted octanol–water partition coefficient (Wildman–Crippen LogP) is 3.58. The number of nitrogens with one attached hydrogen (secondary N) is 2. The Hall–Kier alpha value is -2.80. The predicted molar refractivity (Wildman–Crippen MR) is 115 cm³/mol. The molecule has 2 N–H and O–H groups in total. The van der Waals surface area contributed by atoms with Gasteiger partial charge in [-0.1, -0.05) is 18.2 Å². The molecule has 148 valence electrons. The van der Waals surface area contributed by atoms with Crippen molar-refractivity contribution >= 4 is 34.6 Å². The number of anilines is 2. The maximum Gasteiger partial charge on any atom is 0.227 e. The molecule has 0 spiro atoms. The van der Waals surface area contributed by atoms with Crippen molar-refractivity contribution in [3.8, 4) is 11.5 Å².